The smallest absolute Gasteiger partial charge is 0.261 e. The summed E-state index contributed by atoms with van der Waals surface area (Å²) in [4.78, 5) is 26.2. The Morgan fingerprint density at radius 1 is 1.37 bits per heavy atom. The van der Waals surface area contributed by atoms with Crippen LogP contribution in [0.5, 0.6) is 5.75 Å². The van der Waals surface area contributed by atoms with Crippen LogP contribution >= 0.6 is 0 Å². The predicted molar refractivity (Wildman–Crippen MR) is 72.4 cm³/mol. The molecule has 1 amide bonds. The highest BCUT2D eigenvalue weighted by Gasteiger charge is 2.12. The number of H-pyrrole nitrogens is 1. The highest BCUT2D eigenvalue weighted by Crippen LogP contribution is 2.26. The largest absolute Gasteiger partial charge is 0.495 e. The molecule has 0 atom stereocenters. The summed E-state index contributed by atoms with van der Waals surface area (Å²) in [6.45, 7) is 0. The van der Waals surface area contributed by atoms with Crippen molar-refractivity contribution >= 4 is 17.3 Å². The van der Waals surface area contributed by atoms with Crippen molar-refractivity contribution in [1.82, 2.24) is 4.98 Å². The number of hydrogen-bond donors (Lipinski definition) is 3. The molecule has 0 unspecified atom stereocenters. The molecular weight excluding hydrogens is 246 g/mol. The number of hydrogen-bond acceptors (Lipinski definition) is 4. The van der Waals surface area contributed by atoms with Crippen molar-refractivity contribution in [2.75, 3.05) is 18.2 Å². The number of aromatic nitrogens is 1. The van der Waals surface area contributed by atoms with E-state index >= 15 is 0 Å². The molecule has 0 radical (unpaired) electrons. The summed E-state index contributed by atoms with van der Waals surface area (Å²) in [6, 6.07) is 6.14. The fraction of sp³-hybridized carbons (Fsp3) is 0.0769. The zero-order chi connectivity index (χ0) is 13.8. The standard InChI is InChI=1S/C13H13N3O3/c1-19-12-3-2-8(14)6-10(12)16-13(18)9-7-15-5-4-11(9)17/h2-7H,14H2,1H3,(H,15,17)(H,16,18). The van der Waals surface area contributed by atoms with Gasteiger partial charge in [0.2, 0.25) is 0 Å². The lowest BCUT2D eigenvalue weighted by Gasteiger charge is -2.10. The molecule has 1 aromatic heterocycles. The Labute approximate surface area is 109 Å². The van der Waals surface area contributed by atoms with Gasteiger partial charge in [-0.2, -0.15) is 0 Å². The number of benzene rings is 1. The van der Waals surface area contributed by atoms with E-state index in [-0.39, 0.29) is 11.0 Å². The van der Waals surface area contributed by atoms with Gasteiger partial charge in [0.15, 0.2) is 5.43 Å². The number of carbonyl (C=O) groups excluding carboxylic acids is 1. The second-order valence-corrected chi connectivity index (χ2v) is 3.84. The van der Waals surface area contributed by atoms with Crippen LogP contribution in [0, 0.1) is 0 Å². The molecule has 0 saturated heterocycles. The molecule has 1 aromatic carbocycles. The van der Waals surface area contributed by atoms with E-state index in [9.17, 15) is 9.59 Å². The van der Waals surface area contributed by atoms with Gasteiger partial charge in [0.25, 0.3) is 5.91 Å². The predicted octanol–water partition coefficient (Wildman–Crippen LogP) is 1.22. The fourth-order valence-corrected chi connectivity index (χ4v) is 1.61. The first-order valence-corrected chi connectivity index (χ1v) is 5.54. The van der Waals surface area contributed by atoms with E-state index < -0.39 is 5.91 Å². The molecule has 0 fully saturated rings. The van der Waals surface area contributed by atoms with E-state index in [1.807, 2.05) is 0 Å². The SMILES string of the molecule is COc1ccc(N)cc1NC(=O)c1c[nH]ccc1=O. The van der Waals surface area contributed by atoms with Gasteiger partial charge < -0.3 is 20.8 Å². The lowest BCUT2D eigenvalue weighted by Crippen LogP contribution is -2.21. The molecule has 2 aromatic rings. The van der Waals surface area contributed by atoms with Crippen molar-refractivity contribution in [1.29, 1.82) is 0 Å². The molecule has 4 N–H and O–H groups in total. The summed E-state index contributed by atoms with van der Waals surface area (Å²) >= 11 is 0. The van der Waals surface area contributed by atoms with Crippen LogP contribution in [0.4, 0.5) is 11.4 Å². The Hall–Kier alpha value is -2.76. The Balaban J connectivity index is 2.32. The highest BCUT2D eigenvalue weighted by molar-refractivity contribution is 6.04. The molecule has 19 heavy (non-hydrogen) atoms. The number of nitrogen functional groups attached to an aromatic ring is 1. The summed E-state index contributed by atoms with van der Waals surface area (Å²) in [5.41, 5.74) is 6.21. The number of pyridine rings is 1. The van der Waals surface area contributed by atoms with E-state index in [0.717, 1.165) is 0 Å². The average molecular weight is 259 g/mol. The average Bonchev–Trinajstić information content (AvgIpc) is 2.39. The van der Waals surface area contributed by atoms with Crippen molar-refractivity contribution < 1.29 is 9.53 Å². The maximum Gasteiger partial charge on any atom is 0.261 e. The van der Waals surface area contributed by atoms with Gasteiger partial charge in [-0.05, 0) is 18.2 Å². The lowest BCUT2D eigenvalue weighted by atomic mass is 10.2. The monoisotopic (exact) mass is 259 g/mol. The third-order valence-electron chi connectivity index (χ3n) is 2.54. The van der Waals surface area contributed by atoms with Crippen LogP contribution in [0.25, 0.3) is 0 Å². The number of methoxy groups -OCH3 is 1. The van der Waals surface area contributed by atoms with E-state index in [2.05, 4.69) is 10.3 Å². The van der Waals surface area contributed by atoms with Crippen molar-refractivity contribution in [3.05, 3.63) is 52.4 Å². The second kappa shape index (κ2) is 5.26. The van der Waals surface area contributed by atoms with Crippen LogP contribution < -0.4 is 21.2 Å². The van der Waals surface area contributed by atoms with Crippen molar-refractivity contribution in [3.63, 3.8) is 0 Å². The molecule has 0 bridgehead atoms. The van der Waals surface area contributed by atoms with Gasteiger partial charge in [-0.15, -0.1) is 0 Å². The first-order valence-electron chi connectivity index (χ1n) is 5.54. The van der Waals surface area contributed by atoms with Gasteiger partial charge in [-0.1, -0.05) is 0 Å². The molecule has 6 nitrogen and oxygen atoms in total. The third-order valence-corrected chi connectivity index (χ3v) is 2.54. The van der Waals surface area contributed by atoms with Crippen LogP contribution in [-0.2, 0) is 0 Å². The van der Waals surface area contributed by atoms with Crippen LogP contribution in [0.2, 0.25) is 0 Å². The molecule has 0 saturated carbocycles. The number of anilines is 2. The van der Waals surface area contributed by atoms with Gasteiger partial charge in [-0.3, -0.25) is 9.59 Å². The van der Waals surface area contributed by atoms with Crippen LogP contribution in [0.15, 0.2) is 41.5 Å². The van der Waals surface area contributed by atoms with Crippen molar-refractivity contribution in [2.45, 2.75) is 0 Å². The van der Waals surface area contributed by atoms with Gasteiger partial charge in [0, 0.05) is 24.1 Å². The molecule has 98 valence electrons. The number of nitrogens with two attached hydrogens (primary N) is 1. The fourth-order valence-electron chi connectivity index (χ4n) is 1.61. The first-order chi connectivity index (χ1) is 9.11. The van der Waals surface area contributed by atoms with Gasteiger partial charge in [0.05, 0.1) is 12.8 Å². The third kappa shape index (κ3) is 2.74. The maximum absolute atomic E-state index is 12.0. The molecule has 1 heterocycles. The Morgan fingerprint density at radius 2 is 2.16 bits per heavy atom. The second-order valence-electron chi connectivity index (χ2n) is 3.84. The van der Waals surface area contributed by atoms with E-state index in [0.29, 0.717) is 17.1 Å². The molecule has 0 aliphatic rings. The number of aromatic amines is 1. The number of ether oxygens (including phenoxy) is 1. The summed E-state index contributed by atoms with van der Waals surface area (Å²) in [5.74, 6) is -0.0549. The molecular formula is C13H13N3O3. The topological polar surface area (TPSA) is 97.2 Å². The zero-order valence-corrected chi connectivity index (χ0v) is 10.3. The minimum atomic E-state index is -0.522. The highest BCUT2D eigenvalue weighted by atomic mass is 16.5. The number of carbonyl (C=O) groups is 1. The van der Waals surface area contributed by atoms with Crippen LogP contribution in [-0.4, -0.2) is 18.0 Å². The van der Waals surface area contributed by atoms with Crippen LogP contribution in [0.3, 0.4) is 0 Å². The minimum absolute atomic E-state index is 0.0203. The normalized spacial score (nSPS) is 9.95. The van der Waals surface area contributed by atoms with E-state index in [4.69, 9.17) is 10.5 Å². The Morgan fingerprint density at radius 3 is 2.84 bits per heavy atom. The van der Waals surface area contributed by atoms with Crippen molar-refractivity contribution in [3.8, 4) is 5.75 Å². The zero-order valence-electron chi connectivity index (χ0n) is 10.3. The molecule has 0 aliphatic carbocycles. The first kappa shape index (κ1) is 12.7. The Bertz CT molecular complexity index is 664. The molecule has 2 rings (SSSR count). The number of amides is 1. The van der Waals surface area contributed by atoms with Gasteiger partial charge in [-0.25, -0.2) is 0 Å². The molecule has 0 aliphatic heterocycles. The van der Waals surface area contributed by atoms with E-state index in [1.54, 1.807) is 18.2 Å². The maximum atomic E-state index is 12.0. The Kier molecular flexibility index (Phi) is 3.51. The molecule has 0 spiro atoms. The molecule has 6 heteroatoms. The number of rotatable bonds is 3. The van der Waals surface area contributed by atoms with E-state index in [1.165, 1.54) is 25.6 Å². The lowest BCUT2D eigenvalue weighted by molar-refractivity contribution is 0.102. The van der Waals surface area contributed by atoms with Gasteiger partial charge >= 0.3 is 0 Å². The summed E-state index contributed by atoms with van der Waals surface area (Å²) in [7, 11) is 1.48. The summed E-state index contributed by atoms with van der Waals surface area (Å²) in [5, 5.41) is 2.60. The van der Waals surface area contributed by atoms with Crippen LogP contribution in [0.1, 0.15) is 10.4 Å². The summed E-state index contributed by atoms with van der Waals surface area (Å²) < 4.78 is 5.11. The van der Waals surface area contributed by atoms with Crippen molar-refractivity contribution in [2.24, 2.45) is 0 Å². The van der Waals surface area contributed by atoms with Gasteiger partial charge in [0.1, 0.15) is 11.3 Å². The minimum Gasteiger partial charge on any atom is -0.495 e. The number of nitrogens with one attached hydrogen (secondary N) is 2. The quantitative estimate of drug-likeness (QED) is 0.722. The summed E-state index contributed by atoms with van der Waals surface area (Å²) in [6.07, 6.45) is 2.80.